The van der Waals surface area contributed by atoms with Gasteiger partial charge in [-0.15, -0.1) is 0 Å². The van der Waals surface area contributed by atoms with Crippen LogP contribution in [0.3, 0.4) is 0 Å². The van der Waals surface area contributed by atoms with Gasteiger partial charge in [0.1, 0.15) is 0 Å². The molecule has 0 aromatic heterocycles. The predicted octanol–water partition coefficient (Wildman–Crippen LogP) is 4.36. The fourth-order valence-electron chi connectivity index (χ4n) is 3.55. The van der Waals surface area contributed by atoms with Crippen LogP contribution in [0.2, 0.25) is 0 Å². The summed E-state index contributed by atoms with van der Waals surface area (Å²) in [6, 6.07) is 20.3. The first-order valence-electron chi connectivity index (χ1n) is 7.40. The summed E-state index contributed by atoms with van der Waals surface area (Å²) in [6.45, 7) is 6.25. The first-order chi connectivity index (χ1) is 9.95. The zero-order valence-electron chi connectivity index (χ0n) is 12.8. The SMILES string of the molecule is CC1(C)CC(C)(c2ccccc2)N(c2ccccc2)C1=O. The van der Waals surface area contributed by atoms with Gasteiger partial charge in [0.15, 0.2) is 0 Å². The minimum atomic E-state index is -0.347. The minimum Gasteiger partial charge on any atom is -0.302 e. The van der Waals surface area contributed by atoms with Crippen LogP contribution >= 0.6 is 0 Å². The van der Waals surface area contributed by atoms with Gasteiger partial charge < -0.3 is 4.90 Å². The van der Waals surface area contributed by atoms with Crippen LogP contribution in [0.1, 0.15) is 32.8 Å². The molecule has 0 bridgehead atoms. The number of para-hydroxylation sites is 1. The molecule has 0 radical (unpaired) electrons. The van der Waals surface area contributed by atoms with Crippen LogP contribution in [0.25, 0.3) is 0 Å². The highest BCUT2D eigenvalue weighted by molar-refractivity contribution is 6.01. The summed E-state index contributed by atoms with van der Waals surface area (Å²) in [4.78, 5) is 14.9. The van der Waals surface area contributed by atoms with Gasteiger partial charge in [0.25, 0.3) is 0 Å². The van der Waals surface area contributed by atoms with Crippen molar-refractivity contribution in [3.8, 4) is 0 Å². The van der Waals surface area contributed by atoms with Gasteiger partial charge in [-0.2, -0.15) is 0 Å². The quantitative estimate of drug-likeness (QED) is 0.799. The Morgan fingerprint density at radius 2 is 1.38 bits per heavy atom. The first-order valence-corrected chi connectivity index (χ1v) is 7.40. The average molecular weight is 279 g/mol. The molecule has 0 N–H and O–H groups in total. The summed E-state index contributed by atoms with van der Waals surface area (Å²) in [5.74, 6) is 0.194. The van der Waals surface area contributed by atoms with Crippen LogP contribution in [0, 0.1) is 5.41 Å². The molecular weight excluding hydrogens is 258 g/mol. The molecule has 1 saturated heterocycles. The molecule has 1 atom stereocenters. The molecule has 0 spiro atoms. The maximum absolute atomic E-state index is 12.9. The van der Waals surface area contributed by atoms with E-state index in [2.05, 4.69) is 19.1 Å². The lowest BCUT2D eigenvalue weighted by molar-refractivity contribution is -0.124. The summed E-state index contributed by atoms with van der Waals surface area (Å²) < 4.78 is 0. The maximum Gasteiger partial charge on any atom is 0.233 e. The summed E-state index contributed by atoms with van der Waals surface area (Å²) in [5.41, 5.74) is 1.51. The molecule has 1 amide bonds. The van der Waals surface area contributed by atoms with E-state index >= 15 is 0 Å². The molecule has 1 aliphatic rings. The van der Waals surface area contributed by atoms with E-state index in [-0.39, 0.29) is 16.9 Å². The number of hydrogen-bond donors (Lipinski definition) is 0. The minimum absolute atomic E-state index is 0.194. The van der Waals surface area contributed by atoms with E-state index in [1.54, 1.807) is 0 Å². The van der Waals surface area contributed by atoms with Crippen molar-refractivity contribution in [2.24, 2.45) is 5.41 Å². The highest BCUT2D eigenvalue weighted by Crippen LogP contribution is 2.49. The van der Waals surface area contributed by atoms with E-state index in [1.807, 2.05) is 67.3 Å². The summed E-state index contributed by atoms with van der Waals surface area (Å²) in [5, 5.41) is 0. The van der Waals surface area contributed by atoms with Crippen LogP contribution < -0.4 is 4.90 Å². The van der Waals surface area contributed by atoms with Crippen molar-refractivity contribution in [2.45, 2.75) is 32.7 Å². The fraction of sp³-hybridized carbons (Fsp3) is 0.316. The molecule has 1 unspecified atom stereocenters. The number of carbonyl (C=O) groups is 1. The second-order valence-corrected chi connectivity index (χ2v) is 6.68. The van der Waals surface area contributed by atoms with Gasteiger partial charge >= 0.3 is 0 Å². The van der Waals surface area contributed by atoms with E-state index in [9.17, 15) is 4.79 Å². The van der Waals surface area contributed by atoms with E-state index in [0.29, 0.717) is 0 Å². The summed E-state index contributed by atoms with van der Waals surface area (Å²) in [6.07, 6.45) is 0.817. The molecular formula is C19H21NO. The normalized spacial score (nSPS) is 24.3. The van der Waals surface area contributed by atoms with Crippen LogP contribution in [0.15, 0.2) is 60.7 Å². The number of nitrogens with zero attached hydrogens (tertiary/aromatic N) is 1. The smallest absolute Gasteiger partial charge is 0.233 e. The lowest BCUT2D eigenvalue weighted by Gasteiger charge is -2.35. The van der Waals surface area contributed by atoms with Gasteiger partial charge in [0, 0.05) is 11.1 Å². The number of anilines is 1. The van der Waals surface area contributed by atoms with Crippen molar-refractivity contribution in [1.29, 1.82) is 0 Å². The molecule has 2 aromatic carbocycles. The topological polar surface area (TPSA) is 20.3 Å². The number of carbonyl (C=O) groups excluding carboxylic acids is 1. The van der Waals surface area contributed by atoms with Crippen molar-refractivity contribution in [2.75, 3.05) is 4.90 Å². The number of amides is 1. The standard InChI is InChI=1S/C19H21NO/c1-18(2)14-19(3,15-10-6-4-7-11-15)20(17(18)21)16-12-8-5-9-13-16/h4-13H,14H2,1-3H3. The zero-order valence-corrected chi connectivity index (χ0v) is 12.8. The van der Waals surface area contributed by atoms with Crippen LogP contribution in [-0.2, 0) is 10.3 Å². The number of hydrogen-bond acceptors (Lipinski definition) is 1. The molecule has 0 saturated carbocycles. The average Bonchev–Trinajstić information content (AvgIpc) is 2.67. The Morgan fingerprint density at radius 3 is 1.95 bits per heavy atom. The predicted molar refractivity (Wildman–Crippen MR) is 86.1 cm³/mol. The lowest BCUT2D eigenvalue weighted by Crippen LogP contribution is -2.41. The van der Waals surface area contributed by atoms with Gasteiger partial charge in [0.2, 0.25) is 5.91 Å². The largest absolute Gasteiger partial charge is 0.302 e. The molecule has 3 rings (SSSR count). The van der Waals surface area contributed by atoms with Crippen molar-refractivity contribution in [3.05, 3.63) is 66.2 Å². The van der Waals surface area contributed by atoms with Crippen LogP contribution in [-0.4, -0.2) is 5.91 Å². The molecule has 108 valence electrons. The van der Waals surface area contributed by atoms with E-state index in [1.165, 1.54) is 5.56 Å². The van der Waals surface area contributed by atoms with Gasteiger partial charge in [-0.1, -0.05) is 62.4 Å². The van der Waals surface area contributed by atoms with Crippen LogP contribution in [0.5, 0.6) is 0 Å². The van der Waals surface area contributed by atoms with Gasteiger partial charge in [-0.25, -0.2) is 0 Å². The number of rotatable bonds is 2. The highest BCUT2D eigenvalue weighted by Gasteiger charge is 2.53. The molecule has 1 aliphatic heterocycles. The van der Waals surface area contributed by atoms with E-state index < -0.39 is 0 Å². The molecule has 1 heterocycles. The third-order valence-electron chi connectivity index (χ3n) is 4.47. The third kappa shape index (κ3) is 2.15. The molecule has 2 nitrogen and oxygen atoms in total. The molecule has 1 fully saturated rings. The van der Waals surface area contributed by atoms with Crippen molar-refractivity contribution in [3.63, 3.8) is 0 Å². The van der Waals surface area contributed by atoms with Gasteiger partial charge in [-0.05, 0) is 31.0 Å². The Morgan fingerprint density at radius 1 is 0.857 bits per heavy atom. The molecule has 2 heteroatoms. The monoisotopic (exact) mass is 279 g/mol. The Labute approximate surface area is 126 Å². The molecule has 0 aliphatic carbocycles. The Hall–Kier alpha value is -2.09. The third-order valence-corrected chi connectivity index (χ3v) is 4.47. The fourth-order valence-corrected chi connectivity index (χ4v) is 3.55. The first kappa shape index (κ1) is 13.9. The number of benzene rings is 2. The van der Waals surface area contributed by atoms with Crippen LogP contribution in [0.4, 0.5) is 5.69 Å². The summed E-state index contributed by atoms with van der Waals surface area (Å²) >= 11 is 0. The van der Waals surface area contributed by atoms with Crippen molar-refractivity contribution in [1.82, 2.24) is 0 Å². The molecule has 21 heavy (non-hydrogen) atoms. The lowest BCUT2D eigenvalue weighted by atomic mass is 9.80. The summed E-state index contributed by atoms with van der Waals surface area (Å²) in [7, 11) is 0. The Balaban J connectivity index is 2.16. The van der Waals surface area contributed by atoms with Gasteiger partial charge in [0.05, 0.1) is 5.54 Å². The van der Waals surface area contributed by atoms with E-state index in [4.69, 9.17) is 0 Å². The Kier molecular flexibility index (Phi) is 3.12. The second-order valence-electron chi connectivity index (χ2n) is 6.68. The van der Waals surface area contributed by atoms with E-state index in [0.717, 1.165) is 12.1 Å². The highest BCUT2D eigenvalue weighted by atomic mass is 16.2. The van der Waals surface area contributed by atoms with Gasteiger partial charge in [-0.3, -0.25) is 4.79 Å². The van der Waals surface area contributed by atoms with Crippen molar-refractivity contribution < 1.29 is 4.79 Å². The maximum atomic E-state index is 12.9. The second kappa shape index (κ2) is 4.73. The Bertz CT molecular complexity index is 648. The van der Waals surface area contributed by atoms with Crippen molar-refractivity contribution >= 4 is 11.6 Å². The zero-order chi connectivity index (χ0) is 15.1. The molecule has 2 aromatic rings.